The lowest BCUT2D eigenvalue weighted by Crippen LogP contribution is -2.14. The summed E-state index contributed by atoms with van der Waals surface area (Å²) in [5.41, 5.74) is 7.94. The number of hydrogen-bond acceptors (Lipinski definition) is 3. The molecule has 0 unspecified atom stereocenters. The van der Waals surface area contributed by atoms with E-state index in [1.165, 1.54) is 0 Å². The summed E-state index contributed by atoms with van der Waals surface area (Å²) in [5.74, 6) is 5.66. The third kappa shape index (κ3) is 4.58. The molecular weight excluding hydrogens is 228 g/mol. The van der Waals surface area contributed by atoms with Gasteiger partial charge in [0.2, 0.25) is 5.91 Å². The number of ether oxygens (including phenoxy) is 1. The lowest BCUT2D eigenvalue weighted by molar-refractivity contribution is -0.117. The number of anilines is 1. The molecule has 0 aliphatic rings. The summed E-state index contributed by atoms with van der Waals surface area (Å²) in [6.45, 7) is 2.68. The zero-order valence-electron chi connectivity index (χ0n) is 10.7. The minimum Gasteiger partial charge on any atom is -0.384 e. The average Bonchev–Trinajstić information content (AvgIpc) is 2.36. The molecule has 0 bridgehead atoms. The van der Waals surface area contributed by atoms with Crippen LogP contribution in [0.15, 0.2) is 18.2 Å². The highest BCUT2D eigenvalue weighted by atomic mass is 16.5. The fraction of sp³-hybridized carbons (Fsp3) is 0.357. The molecule has 4 heteroatoms. The van der Waals surface area contributed by atoms with Gasteiger partial charge in [0.05, 0.1) is 25.3 Å². The molecule has 3 N–H and O–H groups in total. The van der Waals surface area contributed by atoms with Crippen molar-refractivity contribution in [3.8, 4) is 11.8 Å². The van der Waals surface area contributed by atoms with E-state index in [0.717, 1.165) is 11.1 Å². The highest BCUT2D eigenvalue weighted by Gasteiger charge is 2.05. The molecule has 0 aromatic heterocycles. The van der Waals surface area contributed by atoms with Crippen molar-refractivity contribution < 1.29 is 9.53 Å². The molecule has 0 aliphatic heterocycles. The van der Waals surface area contributed by atoms with Crippen molar-refractivity contribution in [2.75, 3.05) is 25.6 Å². The normalized spacial score (nSPS) is 9.50. The SMILES string of the molecule is COCCC(=O)Nc1ccc(C)cc1C#CCN. The highest BCUT2D eigenvalue weighted by molar-refractivity contribution is 5.92. The first-order valence-corrected chi connectivity index (χ1v) is 5.75. The van der Waals surface area contributed by atoms with Gasteiger partial charge in [-0.2, -0.15) is 0 Å². The topological polar surface area (TPSA) is 64.3 Å². The fourth-order valence-electron chi connectivity index (χ4n) is 1.42. The Bertz CT molecular complexity index is 472. The largest absolute Gasteiger partial charge is 0.384 e. The zero-order valence-corrected chi connectivity index (χ0v) is 10.7. The van der Waals surface area contributed by atoms with E-state index in [1.807, 2.05) is 25.1 Å². The Morgan fingerprint density at radius 3 is 2.94 bits per heavy atom. The van der Waals surface area contributed by atoms with E-state index in [-0.39, 0.29) is 5.91 Å². The summed E-state index contributed by atoms with van der Waals surface area (Å²) >= 11 is 0. The number of amides is 1. The number of hydrogen-bond donors (Lipinski definition) is 2. The van der Waals surface area contributed by atoms with E-state index in [2.05, 4.69) is 17.2 Å². The Kier molecular flexibility index (Phi) is 5.92. The number of methoxy groups -OCH3 is 1. The first kappa shape index (κ1) is 14.2. The molecule has 96 valence electrons. The highest BCUT2D eigenvalue weighted by Crippen LogP contribution is 2.16. The van der Waals surface area contributed by atoms with Crippen LogP contribution in [0.2, 0.25) is 0 Å². The van der Waals surface area contributed by atoms with Crippen LogP contribution in [-0.4, -0.2) is 26.2 Å². The molecule has 0 aliphatic carbocycles. The standard InChI is InChI=1S/C14H18N2O2/c1-11-5-6-13(12(10-11)4-3-8-15)16-14(17)7-9-18-2/h5-6,10H,7-9,15H2,1-2H3,(H,16,17). The Hall–Kier alpha value is -1.83. The minimum absolute atomic E-state index is 0.0866. The molecule has 18 heavy (non-hydrogen) atoms. The van der Waals surface area contributed by atoms with E-state index in [4.69, 9.17) is 10.5 Å². The van der Waals surface area contributed by atoms with E-state index in [9.17, 15) is 4.79 Å². The average molecular weight is 246 g/mol. The number of rotatable bonds is 4. The fourth-order valence-corrected chi connectivity index (χ4v) is 1.42. The van der Waals surface area contributed by atoms with Gasteiger partial charge >= 0.3 is 0 Å². The van der Waals surface area contributed by atoms with Gasteiger partial charge in [0.25, 0.3) is 0 Å². The van der Waals surface area contributed by atoms with Crippen molar-refractivity contribution in [3.05, 3.63) is 29.3 Å². The quantitative estimate of drug-likeness (QED) is 0.787. The van der Waals surface area contributed by atoms with Gasteiger partial charge in [-0.15, -0.1) is 0 Å². The molecule has 0 saturated carbocycles. The number of nitrogens with two attached hydrogens (primary N) is 1. The molecule has 1 rings (SSSR count). The monoisotopic (exact) mass is 246 g/mol. The minimum atomic E-state index is -0.0866. The molecule has 0 saturated heterocycles. The summed E-state index contributed by atoms with van der Waals surface area (Å²) < 4.78 is 4.86. The Balaban J connectivity index is 2.84. The Morgan fingerprint density at radius 2 is 2.28 bits per heavy atom. The van der Waals surface area contributed by atoms with Gasteiger partial charge in [0.15, 0.2) is 0 Å². The van der Waals surface area contributed by atoms with Gasteiger partial charge in [0.1, 0.15) is 0 Å². The Morgan fingerprint density at radius 1 is 1.50 bits per heavy atom. The maximum absolute atomic E-state index is 11.6. The summed E-state index contributed by atoms with van der Waals surface area (Å²) in [6.07, 6.45) is 0.328. The number of carbonyl (C=O) groups excluding carboxylic acids is 1. The molecule has 1 amide bonds. The van der Waals surface area contributed by atoms with Crippen LogP contribution < -0.4 is 11.1 Å². The van der Waals surface area contributed by atoms with Gasteiger partial charge in [-0.25, -0.2) is 0 Å². The lowest BCUT2D eigenvalue weighted by atomic mass is 10.1. The number of benzene rings is 1. The summed E-state index contributed by atoms with van der Waals surface area (Å²) in [5, 5.41) is 2.82. The first-order chi connectivity index (χ1) is 8.67. The van der Waals surface area contributed by atoms with Crippen molar-refractivity contribution in [1.82, 2.24) is 0 Å². The van der Waals surface area contributed by atoms with Gasteiger partial charge < -0.3 is 15.8 Å². The second kappa shape index (κ2) is 7.49. The number of nitrogens with one attached hydrogen (secondary N) is 1. The zero-order chi connectivity index (χ0) is 13.4. The predicted octanol–water partition coefficient (Wildman–Crippen LogP) is 1.28. The molecule has 0 fully saturated rings. The van der Waals surface area contributed by atoms with Crippen LogP contribution in [0.3, 0.4) is 0 Å². The smallest absolute Gasteiger partial charge is 0.226 e. The van der Waals surface area contributed by atoms with Crippen LogP contribution in [0.5, 0.6) is 0 Å². The molecule has 0 atom stereocenters. The van der Waals surface area contributed by atoms with Crippen molar-refractivity contribution in [2.24, 2.45) is 5.73 Å². The van der Waals surface area contributed by atoms with Crippen LogP contribution in [0, 0.1) is 18.8 Å². The molecule has 0 spiro atoms. The van der Waals surface area contributed by atoms with Crippen LogP contribution in [0.4, 0.5) is 5.69 Å². The van der Waals surface area contributed by atoms with Crippen molar-refractivity contribution >= 4 is 11.6 Å². The van der Waals surface area contributed by atoms with Gasteiger partial charge in [-0.1, -0.05) is 17.9 Å². The summed E-state index contributed by atoms with van der Waals surface area (Å²) in [7, 11) is 1.57. The van der Waals surface area contributed by atoms with E-state index < -0.39 is 0 Å². The first-order valence-electron chi connectivity index (χ1n) is 5.75. The molecule has 4 nitrogen and oxygen atoms in total. The maximum Gasteiger partial charge on any atom is 0.226 e. The molecule has 1 aromatic carbocycles. The van der Waals surface area contributed by atoms with Crippen molar-refractivity contribution in [1.29, 1.82) is 0 Å². The molecule has 0 radical (unpaired) electrons. The third-order valence-corrected chi connectivity index (χ3v) is 2.31. The second-order valence-electron chi connectivity index (χ2n) is 3.85. The molecular formula is C14H18N2O2. The van der Waals surface area contributed by atoms with E-state index >= 15 is 0 Å². The summed E-state index contributed by atoms with van der Waals surface area (Å²) in [4.78, 5) is 11.6. The van der Waals surface area contributed by atoms with E-state index in [0.29, 0.717) is 25.3 Å². The number of carbonyl (C=O) groups is 1. The maximum atomic E-state index is 11.6. The van der Waals surface area contributed by atoms with Crippen molar-refractivity contribution in [2.45, 2.75) is 13.3 Å². The van der Waals surface area contributed by atoms with Crippen LogP contribution in [-0.2, 0) is 9.53 Å². The number of aryl methyl sites for hydroxylation is 1. The summed E-state index contributed by atoms with van der Waals surface area (Å²) in [6, 6.07) is 5.70. The van der Waals surface area contributed by atoms with Crippen LogP contribution >= 0.6 is 0 Å². The molecule has 1 aromatic rings. The van der Waals surface area contributed by atoms with Gasteiger partial charge in [-0.05, 0) is 24.6 Å². The van der Waals surface area contributed by atoms with Gasteiger partial charge in [0, 0.05) is 12.7 Å². The van der Waals surface area contributed by atoms with Crippen molar-refractivity contribution in [3.63, 3.8) is 0 Å². The lowest BCUT2D eigenvalue weighted by Gasteiger charge is -2.08. The Labute approximate surface area is 108 Å². The van der Waals surface area contributed by atoms with E-state index in [1.54, 1.807) is 7.11 Å². The van der Waals surface area contributed by atoms with Gasteiger partial charge in [-0.3, -0.25) is 4.79 Å². The third-order valence-electron chi connectivity index (χ3n) is 2.31. The predicted molar refractivity (Wildman–Crippen MR) is 72.2 cm³/mol. The van der Waals surface area contributed by atoms with Crippen LogP contribution in [0.25, 0.3) is 0 Å². The van der Waals surface area contributed by atoms with Crippen LogP contribution in [0.1, 0.15) is 17.5 Å². The molecule has 0 heterocycles. The second-order valence-corrected chi connectivity index (χ2v) is 3.85.